The maximum absolute atomic E-state index is 12.8. The van der Waals surface area contributed by atoms with Gasteiger partial charge in [0.15, 0.2) is 0 Å². The van der Waals surface area contributed by atoms with Crippen molar-refractivity contribution in [3.8, 4) is 5.75 Å². The molecule has 0 spiro atoms. The van der Waals surface area contributed by atoms with Crippen molar-refractivity contribution in [2.75, 3.05) is 7.11 Å². The maximum Gasteiger partial charge on any atom is 0.423 e. The SMILES string of the molecule is COc1ccc(Cn2ncc(Cl)c(C(F)(F)F)c2=O)cc1. The number of nitrogens with zero attached hydrogens (tertiary/aromatic N) is 2. The molecule has 1 aromatic carbocycles. The average molecular weight is 319 g/mol. The van der Waals surface area contributed by atoms with Crippen LogP contribution in [0.4, 0.5) is 13.2 Å². The molecule has 0 atom stereocenters. The Kier molecular flexibility index (Phi) is 4.22. The topological polar surface area (TPSA) is 44.1 Å². The van der Waals surface area contributed by atoms with Crippen LogP contribution in [0.3, 0.4) is 0 Å². The summed E-state index contributed by atoms with van der Waals surface area (Å²) in [4.78, 5) is 11.8. The summed E-state index contributed by atoms with van der Waals surface area (Å²) in [6.45, 7) is -0.0942. The summed E-state index contributed by atoms with van der Waals surface area (Å²) in [5.74, 6) is 0.603. The first-order chi connectivity index (χ1) is 9.82. The zero-order chi connectivity index (χ0) is 15.6. The van der Waals surface area contributed by atoms with Gasteiger partial charge in [-0.2, -0.15) is 18.3 Å². The van der Waals surface area contributed by atoms with Gasteiger partial charge >= 0.3 is 6.18 Å². The lowest BCUT2D eigenvalue weighted by atomic mass is 10.2. The summed E-state index contributed by atoms with van der Waals surface area (Å²) in [6, 6.07) is 6.55. The molecule has 1 aromatic heterocycles. The van der Waals surface area contributed by atoms with Gasteiger partial charge in [0.05, 0.1) is 24.9 Å². The van der Waals surface area contributed by atoms with E-state index in [0.29, 0.717) is 11.3 Å². The quantitative estimate of drug-likeness (QED) is 0.874. The van der Waals surface area contributed by atoms with E-state index in [9.17, 15) is 18.0 Å². The maximum atomic E-state index is 12.8. The summed E-state index contributed by atoms with van der Waals surface area (Å²) in [5, 5.41) is 2.92. The molecular weight excluding hydrogens is 309 g/mol. The van der Waals surface area contributed by atoms with Crippen LogP contribution in [-0.4, -0.2) is 16.9 Å². The molecule has 0 saturated heterocycles. The average Bonchev–Trinajstić information content (AvgIpc) is 2.41. The zero-order valence-corrected chi connectivity index (χ0v) is 11.6. The van der Waals surface area contributed by atoms with Crippen LogP contribution >= 0.6 is 11.6 Å². The number of hydrogen-bond acceptors (Lipinski definition) is 3. The molecule has 1 heterocycles. The van der Waals surface area contributed by atoms with Gasteiger partial charge in [0.1, 0.15) is 11.3 Å². The van der Waals surface area contributed by atoms with Crippen LogP contribution in [0.25, 0.3) is 0 Å². The fraction of sp³-hybridized carbons (Fsp3) is 0.231. The van der Waals surface area contributed by atoms with E-state index in [1.165, 1.54) is 7.11 Å². The second-order valence-electron chi connectivity index (χ2n) is 4.18. The first kappa shape index (κ1) is 15.4. The van der Waals surface area contributed by atoms with Crippen LogP contribution in [-0.2, 0) is 12.7 Å². The molecule has 112 valence electrons. The smallest absolute Gasteiger partial charge is 0.423 e. The molecule has 0 aliphatic heterocycles. The van der Waals surface area contributed by atoms with Crippen LogP contribution < -0.4 is 10.3 Å². The van der Waals surface area contributed by atoms with Gasteiger partial charge in [-0.05, 0) is 17.7 Å². The second kappa shape index (κ2) is 5.77. The van der Waals surface area contributed by atoms with Crippen LogP contribution in [0, 0.1) is 0 Å². The van der Waals surface area contributed by atoms with Gasteiger partial charge in [-0.1, -0.05) is 23.7 Å². The minimum Gasteiger partial charge on any atom is -0.497 e. The lowest BCUT2D eigenvalue weighted by Gasteiger charge is -2.11. The summed E-state index contributed by atoms with van der Waals surface area (Å²) in [6.07, 6.45) is -4.01. The highest BCUT2D eigenvalue weighted by Crippen LogP contribution is 2.31. The molecule has 0 amide bonds. The van der Waals surface area contributed by atoms with Gasteiger partial charge < -0.3 is 4.74 Å². The summed E-state index contributed by atoms with van der Waals surface area (Å²) in [5.41, 5.74) is -2.07. The minimum absolute atomic E-state index is 0.0942. The second-order valence-corrected chi connectivity index (χ2v) is 4.58. The number of aromatic nitrogens is 2. The normalized spacial score (nSPS) is 11.5. The molecule has 2 aromatic rings. The Balaban J connectivity index is 2.39. The molecule has 0 N–H and O–H groups in total. The highest BCUT2D eigenvalue weighted by molar-refractivity contribution is 6.31. The molecule has 0 bridgehead atoms. The Morgan fingerprint density at radius 2 is 1.90 bits per heavy atom. The molecule has 0 aliphatic rings. The van der Waals surface area contributed by atoms with E-state index in [1.54, 1.807) is 24.3 Å². The van der Waals surface area contributed by atoms with Gasteiger partial charge in [0, 0.05) is 0 Å². The number of alkyl halides is 3. The van der Waals surface area contributed by atoms with Crippen molar-refractivity contribution in [1.82, 2.24) is 9.78 Å². The molecule has 2 rings (SSSR count). The van der Waals surface area contributed by atoms with E-state index in [1.807, 2.05) is 0 Å². The van der Waals surface area contributed by atoms with Gasteiger partial charge in [0.2, 0.25) is 0 Å². The number of benzene rings is 1. The number of rotatable bonds is 3. The predicted octanol–water partition coefficient (Wildman–Crippen LogP) is 2.97. The highest BCUT2D eigenvalue weighted by Gasteiger charge is 2.37. The Labute approximate surface area is 122 Å². The molecule has 0 saturated carbocycles. The van der Waals surface area contributed by atoms with Crippen molar-refractivity contribution in [3.05, 3.63) is 57.0 Å². The van der Waals surface area contributed by atoms with Crippen LogP contribution in [0.5, 0.6) is 5.75 Å². The molecule has 0 radical (unpaired) electrons. The predicted molar refractivity (Wildman–Crippen MR) is 70.6 cm³/mol. The molecule has 4 nitrogen and oxygen atoms in total. The molecular formula is C13H10ClF3N2O2. The van der Waals surface area contributed by atoms with Gasteiger partial charge in [-0.3, -0.25) is 4.79 Å². The molecule has 0 unspecified atom stereocenters. The summed E-state index contributed by atoms with van der Waals surface area (Å²) in [7, 11) is 1.50. The van der Waals surface area contributed by atoms with E-state index in [0.717, 1.165) is 10.9 Å². The summed E-state index contributed by atoms with van der Waals surface area (Å²) >= 11 is 5.42. The Morgan fingerprint density at radius 1 is 1.29 bits per heavy atom. The third-order valence-electron chi connectivity index (χ3n) is 2.77. The summed E-state index contributed by atoms with van der Waals surface area (Å²) < 4.78 is 44.0. The number of halogens is 4. The molecule has 0 aliphatic carbocycles. The number of hydrogen-bond donors (Lipinski definition) is 0. The zero-order valence-electron chi connectivity index (χ0n) is 10.8. The van der Waals surface area contributed by atoms with E-state index in [4.69, 9.17) is 16.3 Å². The van der Waals surface area contributed by atoms with E-state index >= 15 is 0 Å². The van der Waals surface area contributed by atoms with Crippen molar-refractivity contribution in [1.29, 1.82) is 0 Å². The van der Waals surface area contributed by atoms with Gasteiger partial charge in [-0.25, -0.2) is 4.68 Å². The highest BCUT2D eigenvalue weighted by atomic mass is 35.5. The first-order valence-corrected chi connectivity index (χ1v) is 6.16. The lowest BCUT2D eigenvalue weighted by molar-refractivity contribution is -0.139. The number of ether oxygens (including phenoxy) is 1. The van der Waals surface area contributed by atoms with Crippen molar-refractivity contribution >= 4 is 11.6 Å². The van der Waals surface area contributed by atoms with E-state index in [2.05, 4.69) is 5.10 Å². The van der Waals surface area contributed by atoms with Crippen molar-refractivity contribution in [2.24, 2.45) is 0 Å². The molecule has 8 heteroatoms. The van der Waals surface area contributed by atoms with Crippen molar-refractivity contribution in [3.63, 3.8) is 0 Å². The standard InChI is InChI=1S/C13H10ClF3N2O2/c1-21-9-4-2-8(3-5-9)7-19-12(20)11(13(15,16)17)10(14)6-18-19/h2-6H,7H2,1H3. The third-order valence-corrected chi connectivity index (χ3v) is 3.06. The van der Waals surface area contributed by atoms with Gasteiger partial charge in [0.25, 0.3) is 5.56 Å². The Morgan fingerprint density at radius 3 is 2.43 bits per heavy atom. The van der Waals surface area contributed by atoms with Gasteiger partial charge in [-0.15, -0.1) is 0 Å². The Hall–Kier alpha value is -2.02. The fourth-order valence-electron chi connectivity index (χ4n) is 1.74. The number of methoxy groups -OCH3 is 1. The van der Waals surface area contributed by atoms with E-state index in [-0.39, 0.29) is 6.54 Å². The lowest BCUT2D eigenvalue weighted by Crippen LogP contribution is -2.31. The largest absolute Gasteiger partial charge is 0.497 e. The van der Waals surface area contributed by atoms with Crippen LogP contribution in [0.15, 0.2) is 35.3 Å². The molecule has 0 fully saturated rings. The Bertz CT molecular complexity index is 696. The van der Waals surface area contributed by atoms with Crippen LogP contribution in [0.1, 0.15) is 11.1 Å². The fourth-order valence-corrected chi connectivity index (χ4v) is 1.97. The van der Waals surface area contributed by atoms with Crippen molar-refractivity contribution in [2.45, 2.75) is 12.7 Å². The monoisotopic (exact) mass is 318 g/mol. The minimum atomic E-state index is -4.82. The van der Waals surface area contributed by atoms with Crippen molar-refractivity contribution < 1.29 is 17.9 Å². The van der Waals surface area contributed by atoms with E-state index < -0.39 is 22.3 Å². The van der Waals surface area contributed by atoms with Crippen LogP contribution in [0.2, 0.25) is 5.02 Å². The first-order valence-electron chi connectivity index (χ1n) is 5.78. The molecule has 21 heavy (non-hydrogen) atoms. The third kappa shape index (κ3) is 3.36.